The number of hydrogen-bond donors (Lipinski definition) is 4. The van der Waals surface area contributed by atoms with Gasteiger partial charge in [-0.15, -0.1) is 0 Å². The quantitative estimate of drug-likeness (QED) is 0.104. The molecule has 0 unspecified atom stereocenters. The van der Waals surface area contributed by atoms with E-state index in [0.717, 1.165) is 19.3 Å². The van der Waals surface area contributed by atoms with E-state index in [9.17, 15) is 14.7 Å². The zero-order chi connectivity index (χ0) is 22.6. The van der Waals surface area contributed by atoms with E-state index < -0.39 is 18.1 Å². The zero-order valence-corrected chi connectivity index (χ0v) is 18.5. The second-order valence-electron chi connectivity index (χ2n) is 7.60. The molecule has 30 heavy (non-hydrogen) atoms. The fourth-order valence-electron chi connectivity index (χ4n) is 2.81. The Kier molecular flexibility index (Phi) is 17.9. The van der Waals surface area contributed by atoms with Crippen molar-refractivity contribution >= 4 is 17.9 Å². The molecule has 0 aliphatic rings. The Labute approximate surface area is 180 Å². The summed E-state index contributed by atoms with van der Waals surface area (Å²) in [6.07, 6.45) is 10.7. The van der Waals surface area contributed by atoms with Crippen molar-refractivity contribution in [3.8, 4) is 0 Å². The highest BCUT2D eigenvalue weighted by Crippen LogP contribution is 2.10. The highest BCUT2D eigenvalue weighted by molar-refractivity contribution is 5.76. The first-order valence-electron chi connectivity index (χ1n) is 11.2. The highest BCUT2D eigenvalue weighted by atomic mass is 16.6. The lowest BCUT2D eigenvalue weighted by atomic mass is 10.1. The standard InChI is InChI=1S/C21H42N4O5/c1-2-3-4-5-6-7-8-9-10-13-19(27)29-15-17(26)16-30-20(28)18(22)12-11-14-25-21(23)24/h17-18,26H,2-16,22H2,1H3,(H4,23,24,25)/t17-,18-/m0/s1. The summed E-state index contributed by atoms with van der Waals surface area (Å²) in [6.45, 7) is 2.11. The third-order valence-corrected chi connectivity index (χ3v) is 4.61. The first-order valence-corrected chi connectivity index (χ1v) is 11.2. The van der Waals surface area contributed by atoms with Crippen LogP contribution < -0.4 is 17.2 Å². The number of ether oxygens (including phenoxy) is 2. The molecule has 0 aliphatic heterocycles. The van der Waals surface area contributed by atoms with Gasteiger partial charge >= 0.3 is 11.9 Å². The molecule has 0 aromatic carbocycles. The summed E-state index contributed by atoms with van der Waals surface area (Å²) in [7, 11) is 0. The number of carbonyl (C=O) groups is 2. The normalized spacial score (nSPS) is 12.8. The van der Waals surface area contributed by atoms with Gasteiger partial charge in [0, 0.05) is 13.0 Å². The molecular formula is C21H42N4O5. The Bertz CT molecular complexity index is 484. The van der Waals surface area contributed by atoms with Crippen LogP contribution in [-0.4, -0.2) is 54.9 Å². The van der Waals surface area contributed by atoms with Crippen molar-refractivity contribution in [1.82, 2.24) is 0 Å². The molecule has 176 valence electrons. The molecule has 0 saturated heterocycles. The minimum absolute atomic E-state index is 0.0124. The molecule has 0 amide bonds. The first kappa shape index (κ1) is 28.1. The van der Waals surface area contributed by atoms with Crippen molar-refractivity contribution in [2.45, 2.75) is 96.1 Å². The Morgan fingerprint density at radius 1 is 0.900 bits per heavy atom. The summed E-state index contributed by atoms with van der Waals surface area (Å²) < 4.78 is 9.97. The summed E-state index contributed by atoms with van der Waals surface area (Å²) in [6, 6.07) is -0.819. The number of carbonyl (C=O) groups excluding carboxylic acids is 2. The molecule has 0 aromatic rings. The predicted molar refractivity (Wildman–Crippen MR) is 118 cm³/mol. The largest absolute Gasteiger partial charge is 0.463 e. The lowest BCUT2D eigenvalue weighted by Gasteiger charge is -2.14. The minimum Gasteiger partial charge on any atom is -0.463 e. The molecule has 0 fully saturated rings. The van der Waals surface area contributed by atoms with Crippen molar-refractivity contribution in [2.75, 3.05) is 19.8 Å². The average molecular weight is 431 g/mol. The van der Waals surface area contributed by atoms with E-state index in [4.69, 9.17) is 26.7 Å². The average Bonchev–Trinajstić information content (AvgIpc) is 2.71. The van der Waals surface area contributed by atoms with E-state index in [-0.39, 0.29) is 25.1 Å². The fourth-order valence-corrected chi connectivity index (χ4v) is 2.81. The number of rotatable bonds is 19. The SMILES string of the molecule is CCCCCCCCCCCC(=O)OC[C@H](O)COC(=O)[C@@H](N)CCCN=C(N)N. The third kappa shape index (κ3) is 18.2. The van der Waals surface area contributed by atoms with Gasteiger partial charge in [-0.1, -0.05) is 58.3 Å². The van der Waals surface area contributed by atoms with Crippen LogP contribution in [0.15, 0.2) is 4.99 Å². The Balaban J connectivity index is 3.65. The number of esters is 2. The van der Waals surface area contributed by atoms with Crippen molar-refractivity contribution in [1.29, 1.82) is 0 Å². The summed E-state index contributed by atoms with van der Waals surface area (Å²) in [4.78, 5) is 27.3. The van der Waals surface area contributed by atoms with E-state index in [1.807, 2.05) is 0 Å². The van der Waals surface area contributed by atoms with Crippen LogP contribution in [0.5, 0.6) is 0 Å². The Morgan fingerprint density at radius 2 is 1.47 bits per heavy atom. The maximum atomic E-state index is 11.8. The van der Waals surface area contributed by atoms with E-state index in [1.165, 1.54) is 38.5 Å². The van der Waals surface area contributed by atoms with Gasteiger partial charge in [-0.05, 0) is 19.3 Å². The number of aliphatic hydroxyl groups excluding tert-OH is 1. The van der Waals surface area contributed by atoms with Crippen molar-refractivity contribution in [2.24, 2.45) is 22.2 Å². The molecule has 7 N–H and O–H groups in total. The van der Waals surface area contributed by atoms with Gasteiger partial charge in [0.15, 0.2) is 5.96 Å². The van der Waals surface area contributed by atoms with Gasteiger partial charge in [-0.3, -0.25) is 14.6 Å². The fraction of sp³-hybridized carbons (Fsp3) is 0.857. The van der Waals surface area contributed by atoms with E-state index in [2.05, 4.69) is 11.9 Å². The van der Waals surface area contributed by atoms with E-state index >= 15 is 0 Å². The summed E-state index contributed by atoms with van der Waals surface area (Å²) in [5.74, 6) is -0.985. The summed E-state index contributed by atoms with van der Waals surface area (Å²) in [5, 5.41) is 9.79. The van der Waals surface area contributed by atoms with Gasteiger partial charge in [0.25, 0.3) is 0 Å². The lowest BCUT2D eigenvalue weighted by Crippen LogP contribution is -2.35. The molecule has 2 atom stereocenters. The molecule has 0 aromatic heterocycles. The zero-order valence-electron chi connectivity index (χ0n) is 18.5. The molecule has 9 nitrogen and oxygen atoms in total. The summed E-state index contributed by atoms with van der Waals surface area (Å²) in [5.41, 5.74) is 16.1. The molecule has 0 radical (unpaired) electrons. The van der Waals surface area contributed by atoms with Crippen LogP contribution in [0.1, 0.15) is 84.0 Å². The van der Waals surface area contributed by atoms with E-state index in [1.54, 1.807) is 0 Å². The molecule has 0 aliphatic carbocycles. The van der Waals surface area contributed by atoms with Crippen LogP contribution >= 0.6 is 0 Å². The smallest absolute Gasteiger partial charge is 0.323 e. The first-order chi connectivity index (χ1) is 14.4. The number of guanidine groups is 1. The van der Waals surface area contributed by atoms with Crippen LogP contribution in [0.2, 0.25) is 0 Å². The number of nitrogens with zero attached hydrogens (tertiary/aromatic N) is 1. The van der Waals surface area contributed by atoms with Gasteiger partial charge in [0.2, 0.25) is 0 Å². The number of nitrogens with two attached hydrogens (primary N) is 3. The van der Waals surface area contributed by atoms with Gasteiger partial charge in [-0.2, -0.15) is 0 Å². The van der Waals surface area contributed by atoms with Gasteiger partial charge in [-0.25, -0.2) is 0 Å². The van der Waals surface area contributed by atoms with Gasteiger partial charge < -0.3 is 31.8 Å². The van der Waals surface area contributed by atoms with Crippen LogP contribution in [0.4, 0.5) is 0 Å². The molecule has 0 spiro atoms. The molecule has 0 bridgehead atoms. The monoisotopic (exact) mass is 430 g/mol. The van der Waals surface area contributed by atoms with Gasteiger partial charge in [0.1, 0.15) is 25.4 Å². The van der Waals surface area contributed by atoms with Crippen LogP contribution in [-0.2, 0) is 19.1 Å². The highest BCUT2D eigenvalue weighted by Gasteiger charge is 2.17. The Morgan fingerprint density at radius 3 is 2.07 bits per heavy atom. The van der Waals surface area contributed by atoms with Crippen LogP contribution in [0.3, 0.4) is 0 Å². The van der Waals surface area contributed by atoms with Crippen molar-refractivity contribution in [3.63, 3.8) is 0 Å². The van der Waals surface area contributed by atoms with Crippen molar-refractivity contribution in [3.05, 3.63) is 0 Å². The maximum absolute atomic E-state index is 11.8. The molecule has 0 heterocycles. The molecule has 0 saturated carbocycles. The van der Waals surface area contributed by atoms with Gasteiger partial charge in [0.05, 0.1) is 0 Å². The number of unbranched alkanes of at least 4 members (excludes halogenated alkanes) is 8. The maximum Gasteiger partial charge on any atom is 0.323 e. The van der Waals surface area contributed by atoms with E-state index in [0.29, 0.717) is 25.8 Å². The summed E-state index contributed by atoms with van der Waals surface area (Å²) >= 11 is 0. The lowest BCUT2D eigenvalue weighted by molar-refractivity contribution is -0.153. The minimum atomic E-state index is -1.07. The topological polar surface area (TPSA) is 163 Å². The second-order valence-corrected chi connectivity index (χ2v) is 7.60. The predicted octanol–water partition coefficient (Wildman–Crippen LogP) is 1.74. The molecule has 9 heteroatoms. The second kappa shape index (κ2) is 19.1. The Hall–Kier alpha value is -1.87. The van der Waals surface area contributed by atoms with Crippen molar-refractivity contribution < 1.29 is 24.2 Å². The number of aliphatic hydroxyl groups is 1. The number of hydrogen-bond acceptors (Lipinski definition) is 7. The number of aliphatic imine (C=N–C) groups is 1. The molecule has 0 rings (SSSR count). The molecular weight excluding hydrogens is 388 g/mol. The third-order valence-electron chi connectivity index (χ3n) is 4.61. The van der Waals surface area contributed by atoms with Crippen LogP contribution in [0, 0.1) is 0 Å². The van der Waals surface area contributed by atoms with Crippen LogP contribution in [0.25, 0.3) is 0 Å².